The van der Waals surface area contributed by atoms with Crippen LogP contribution in [0.5, 0.6) is 0 Å². The first-order valence-corrected chi connectivity index (χ1v) is 6.09. The number of aromatic nitrogens is 3. The van der Waals surface area contributed by atoms with Crippen LogP contribution in [-0.2, 0) is 16.0 Å². The summed E-state index contributed by atoms with van der Waals surface area (Å²) in [4.78, 5) is 18.2. The third-order valence-electron chi connectivity index (χ3n) is 3.25. The van der Waals surface area contributed by atoms with Crippen LogP contribution >= 0.6 is 0 Å². The summed E-state index contributed by atoms with van der Waals surface area (Å²) in [7, 11) is 3.58. The molecule has 0 aromatic carbocycles. The first-order chi connectivity index (χ1) is 8.63. The molecule has 7 heteroatoms. The van der Waals surface area contributed by atoms with Gasteiger partial charge in [0, 0.05) is 20.1 Å². The van der Waals surface area contributed by atoms with Gasteiger partial charge in [0.05, 0.1) is 12.1 Å². The summed E-state index contributed by atoms with van der Waals surface area (Å²) in [6.45, 7) is 2.74. The SMILES string of the molecule is CCc1nc(NC(=O)[C@@H]2C[C@H](OC)CN2C)n[nH]1. The van der Waals surface area contributed by atoms with Crippen LogP contribution in [0.15, 0.2) is 0 Å². The Labute approximate surface area is 106 Å². The fraction of sp³-hybridized carbons (Fsp3) is 0.727. The highest BCUT2D eigenvalue weighted by molar-refractivity contribution is 5.93. The molecular weight excluding hydrogens is 234 g/mol. The summed E-state index contributed by atoms with van der Waals surface area (Å²) >= 11 is 0. The predicted molar refractivity (Wildman–Crippen MR) is 66.2 cm³/mol. The molecule has 2 N–H and O–H groups in total. The third-order valence-corrected chi connectivity index (χ3v) is 3.25. The number of nitrogens with one attached hydrogen (secondary N) is 2. The number of hydrogen-bond donors (Lipinski definition) is 2. The van der Waals surface area contributed by atoms with Crippen LogP contribution in [0.3, 0.4) is 0 Å². The normalized spacial score (nSPS) is 24.4. The summed E-state index contributed by atoms with van der Waals surface area (Å²) in [5, 5.41) is 9.44. The van der Waals surface area contributed by atoms with Gasteiger partial charge >= 0.3 is 0 Å². The second-order valence-corrected chi connectivity index (χ2v) is 4.50. The minimum Gasteiger partial charge on any atom is -0.380 e. The number of carbonyl (C=O) groups excluding carboxylic acids is 1. The van der Waals surface area contributed by atoms with E-state index in [4.69, 9.17) is 4.74 Å². The lowest BCUT2D eigenvalue weighted by atomic mass is 10.2. The van der Waals surface area contributed by atoms with Crippen LogP contribution in [0.1, 0.15) is 19.2 Å². The van der Waals surface area contributed by atoms with Gasteiger partial charge in [-0.2, -0.15) is 4.98 Å². The van der Waals surface area contributed by atoms with E-state index in [0.717, 1.165) is 18.8 Å². The maximum atomic E-state index is 12.1. The van der Waals surface area contributed by atoms with Crippen molar-refractivity contribution in [1.82, 2.24) is 20.1 Å². The molecule has 2 atom stereocenters. The van der Waals surface area contributed by atoms with Crippen molar-refractivity contribution in [3.05, 3.63) is 5.82 Å². The van der Waals surface area contributed by atoms with Crippen molar-refractivity contribution in [2.24, 2.45) is 0 Å². The zero-order valence-electron chi connectivity index (χ0n) is 10.9. The summed E-state index contributed by atoms with van der Waals surface area (Å²) in [5.41, 5.74) is 0. The number of hydrogen-bond acceptors (Lipinski definition) is 5. The standard InChI is InChI=1S/C11H19N5O2/c1-4-9-12-11(15-14-9)13-10(17)8-5-7(18-3)6-16(8)2/h7-8H,4-6H2,1-3H3,(H2,12,13,14,15,17)/t7-,8-/m0/s1. The van der Waals surface area contributed by atoms with Crippen molar-refractivity contribution >= 4 is 11.9 Å². The van der Waals surface area contributed by atoms with E-state index in [-0.39, 0.29) is 18.1 Å². The average Bonchev–Trinajstić information content (AvgIpc) is 2.95. The van der Waals surface area contributed by atoms with Crippen molar-refractivity contribution in [1.29, 1.82) is 0 Å². The Bertz CT molecular complexity index is 419. The first kappa shape index (κ1) is 13.0. The van der Waals surface area contributed by atoms with E-state index < -0.39 is 0 Å². The van der Waals surface area contributed by atoms with Crippen LogP contribution in [-0.4, -0.2) is 58.8 Å². The highest BCUT2D eigenvalue weighted by Gasteiger charge is 2.34. The van der Waals surface area contributed by atoms with Crippen molar-refractivity contribution in [2.45, 2.75) is 31.9 Å². The summed E-state index contributed by atoms with van der Waals surface area (Å²) < 4.78 is 5.27. The molecule has 1 aromatic heterocycles. The Kier molecular flexibility index (Phi) is 3.93. The van der Waals surface area contributed by atoms with Crippen LogP contribution in [0.2, 0.25) is 0 Å². The molecule has 100 valence electrons. The van der Waals surface area contributed by atoms with Gasteiger partial charge in [-0.25, -0.2) is 0 Å². The van der Waals surface area contributed by atoms with Crippen LogP contribution in [0, 0.1) is 0 Å². The van der Waals surface area contributed by atoms with Gasteiger partial charge in [-0.1, -0.05) is 6.92 Å². The Hall–Kier alpha value is -1.47. The van der Waals surface area contributed by atoms with Gasteiger partial charge in [-0.3, -0.25) is 20.1 Å². The highest BCUT2D eigenvalue weighted by Crippen LogP contribution is 2.19. The molecule has 0 radical (unpaired) electrons. The van der Waals surface area contributed by atoms with Gasteiger partial charge in [0.25, 0.3) is 0 Å². The maximum Gasteiger partial charge on any atom is 0.248 e. The molecule has 18 heavy (non-hydrogen) atoms. The van der Waals surface area contributed by atoms with Gasteiger partial charge < -0.3 is 4.74 Å². The van der Waals surface area contributed by atoms with E-state index >= 15 is 0 Å². The molecule has 0 saturated carbocycles. The molecule has 2 rings (SSSR count). The fourth-order valence-corrected chi connectivity index (χ4v) is 2.13. The lowest BCUT2D eigenvalue weighted by Crippen LogP contribution is -2.37. The topological polar surface area (TPSA) is 83.1 Å². The zero-order valence-corrected chi connectivity index (χ0v) is 10.9. The fourth-order valence-electron chi connectivity index (χ4n) is 2.13. The Morgan fingerprint density at radius 1 is 1.67 bits per heavy atom. The molecule has 1 fully saturated rings. The van der Waals surface area contributed by atoms with E-state index in [1.165, 1.54) is 0 Å². The lowest BCUT2D eigenvalue weighted by molar-refractivity contribution is -0.120. The minimum absolute atomic E-state index is 0.0845. The number of aromatic amines is 1. The van der Waals surface area contributed by atoms with Crippen LogP contribution in [0.25, 0.3) is 0 Å². The molecule has 1 aromatic rings. The molecule has 1 saturated heterocycles. The first-order valence-electron chi connectivity index (χ1n) is 6.09. The number of rotatable bonds is 4. The Balaban J connectivity index is 1.95. The van der Waals surface area contributed by atoms with E-state index in [9.17, 15) is 4.79 Å². The number of ether oxygens (including phenoxy) is 1. The largest absolute Gasteiger partial charge is 0.380 e. The van der Waals surface area contributed by atoms with E-state index in [0.29, 0.717) is 12.4 Å². The number of amides is 1. The summed E-state index contributed by atoms with van der Waals surface area (Å²) in [6.07, 6.45) is 1.58. The predicted octanol–water partition coefficient (Wildman–Crippen LogP) is 0.0247. The van der Waals surface area contributed by atoms with Gasteiger partial charge in [0.1, 0.15) is 5.82 Å². The summed E-state index contributed by atoms with van der Waals surface area (Å²) in [6, 6.07) is -0.182. The van der Waals surface area contributed by atoms with Crippen molar-refractivity contribution in [2.75, 3.05) is 26.0 Å². The van der Waals surface area contributed by atoms with E-state index in [1.54, 1.807) is 7.11 Å². The van der Waals surface area contributed by atoms with Crippen molar-refractivity contribution in [3.8, 4) is 0 Å². The molecular formula is C11H19N5O2. The van der Waals surface area contributed by atoms with Crippen LogP contribution in [0.4, 0.5) is 5.95 Å². The molecule has 2 heterocycles. The van der Waals surface area contributed by atoms with E-state index in [1.807, 2.05) is 18.9 Å². The highest BCUT2D eigenvalue weighted by atomic mass is 16.5. The smallest absolute Gasteiger partial charge is 0.248 e. The molecule has 0 aliphatic carbocycles. The number of carbonyl (C=O) groups is 1. The number of likely N-dealkylation sites (tertiary alicyclic amines) is 1. The van der Waals surface area contributed by atoms with Gasteiger partial charge in [-0.15, -0.1) is 5.10 Å². The second-order valence-electron chi connectivity index (χ2n) is 4.50. The van der Waals surface area contributed by atoms with E-state index in [2.05, 4.69) is 20.5 Å². The van der Waals surface area contributed by atoms with Gasteiger partial charge in [-0.05, 0) is 13.5 Å². The zero-order chi connectivity index (χ0) is 13.1. The maximum absolute atomic E-state index is 12.1. The number of methoxy groups -OCH3 is 1. The number of nitrogens with zero attached hydrogens (tertiary/aromatic N) is 3. The number of anilines is 1. The van der Waals surface area contributed by atoms with Gasteiger partial charge in [0.2, 0.25) is 11.9 Å². The molecule has 0 bridgehead atoms. The number of likely N-dealkylation sites (N-methyl/N-ethyl adjacent to an activating group) is 1. The Morgan fingerprint density at radius 3 is 3.00 bits per heavy atom. The average molecular weight is 253 g/mol. The lowest BCUT2D eigenvalue weighted by Gasteiger charge is -2.16. The second kappa shape index (κ2) is 5.45. The van der Waals surface area contributed by atoms with Crippen LogP contribution < -0.4 is 5.32 Å². The Morgan fingerprint density at radius 2 is 2.44 bits per heavy atom. The number of H-pyrrole nitrogens is 1. The van der Waals surface area contributed by atoms with Crippen molar-refractivity contribution < 1.29 is 9.53 Å². The molecule has 0 unspecified atom stereocenters. The quantitative estimate of drug-likeness (QED) is 0.790. The third kappa shape index (κ3) is 2.68. The molecule has 1 aliphatic rings. The summed E-state index contributed by atoms with van der Waals surface area (Å²) in [5.74, 6) is 1.02. The molecule has 0 spiro atoms. The van der Waals surface area contributed by atoms with Crippen molar-refractivity contribution in [3.63, 3.8) is 0 Å². The molecule has 7 nitrogen and oxygen atoms in total. The number of aryl methyl sites for hydroxylation is 1. The van der Waals surface area contributed by atoms with Gasteiger partial charge in [0.15, 0.2) is 0 Å². The minimum atomic E-state index is -0.182. The molecule has 1 amide bonds. The molecule has 1 aliphatic heterocycles. The monoisotopic (exact) mass is 253 g/mol.